The molecule has 1 N–H and O–H groups in total. The number of aryl methyl sites for hydroxylation is 1. The third-order valence-electron chi connectivity index (χ3n) is 2.39. The molecule has 0 bridgehead atoms. The van der Waals surface area contributed by atoms with Gasteiger partial charge in [0.2, 0.25) is 0 Å². The summed E-state index contributed by atoms with van der Waals surface area (Å²) in [6.45, 7) is 0.796. The van der Waals surface area contributed by atoms with Gasteiger partial charge in [-0.05, 0) is 19.2 Å². The number of halogens is 1. The van der Waals surface area contributed by atoms with E-state index in [4.69, 9.17) is 0 Å². The fourth-order valence-electron chi connectivity index (χ4n) is 1.66. The monoisotopic (exact) mass is 279 g/mol. The van der Waals surface area contributed by atoms with E-state index in [2.05, 4.69) is 42.9 Å². The number of aromatic nitrogens is 2. The molecular weight excluding hydrogens is 266 g/mol. The van der Waals surface area contributed by atoms with E-state index in [0.29, 0.717) is 0 Å². The zero-order valence-corrected chi connectivity index (χ0v) is 11.0. The molecule has 4 heteroatoms. The summed E-state index contributed by atoms with van der Waals surface area (Å²) in [6.07, 6.45) is 2.05. The second-order valence-electron chi connectivity index (χ2n) is 3.70. The molecule has 0 saturated heterocycles. The van der Waals surface area contributed by atoms with Crippen molar-refractivity contribution in [1.29, 1.82) is 0 Å². The van der Waals surface area contributed by atoms with Crippen LogP contribution in [-0.4, -0.2) is 16.6 Å². The van der Waals surface area contributed by atoms with Crippen molar-refractivity contribution in [2.45, 2.75) is 6.54 Å². The summed E-state index contributed by atoms with van der Waals surface area (Å²) in [6, 6.07) is 8.19. The van der Waals surface area contributed by atoms with E-state index >= 15 is 0 Å². The summed E-state index contributed by atoms with van der Waals surface area (Å²) >= 11 is 3.43. The summed E-state index contributed by atoms with van der Waals surface area (Å²) in [5.74, 6) is 0.998. The van der Waals surface area contributed by atoms with Crippen LogP contribution in [0.25, 0.3) is 11.4 Å². The maximum atomic E-state index is 4.58. The van der Waals surface area contributed by atoms with Crippen molar-refractivity contribution in [2.24, 2.45) is 7.05 Å². The van der Waals surface area contributed by atoms with Crippen LogP contribution in [0.3, 0.4) is 0 Å². The molecule has 0 aliphatic heterocycles. The quantitative estimate of drug-likeness (QED) is 0.936. The molecule has 1 aromatic heterocycles. The smallest absolute Gasteiger partial charge is 0.140 e. The van der Waals surface area contributed by atoms with Crippen LogP contribution in [0.2, 0.25) is 0 Å². The first kappa shape index (κ1) is 11.4. The summed E-state index contributed by atoms with van der Waals surface area (Å²) in [4.78, 5) is 4.58. The van der Waals surface area contributed by atoms with Crippen LogP contribution in [0.5, 0.6) is 0 Å². The van der Waals surface area contributed by atoms with Crippen molar-refractivity contribution in [1.82, 2.24) is 14.9 Å². The molecule has 0 radical (unpaired) electrons. The molecule has 2 aromatic rings. The zero-order chi connectivity index (χ0) is 11.5. The lowest BCUT2D eigenvalue weighted by atomic mass is 10.2. The standard InChI is InChI=1S/C12H14BrN3/c1-14-7-11-8-16(2)12(15-11)9-3-5-10(13)6-4-9/h3-6,8,14H,7H2,1-2H3. The predicted molar refractivity (Wildman–Crippen MR) is 69.1 cm³/mol. The van der Waals surface area contributed by atoms with Crippen LogP contribution in [0.4, 0.5) is 0 Å². The van der Waals surface area contributed by atoms with Crippen LogP contribution in [-0.2, 0) is 13.6 Å². The first-order chi connectivity index (χ1) is 7.70. The fourth-order valence-corrected chi connectivity index (χ4v) is 1.93. The highest BCUT2D eigenvalue weighted by molar-refractivity contribution is 9.10. The Labute approximate surface area is 104 Å². The Hall–Kier alpha value is -1.13. The first-order valence-electron chi connectivity index (χ1n) is 5.13. The van der Waals surface area contributed by atoms with E-state index in [1.807, 2.05) is 32.4 Å². The molecular formula is C12H14BrN3. The van der Waals surface area contributed by atoms with E-state index < -0.39 is 0 Å². The van der Waals surface area contributed by atoms with Crippen LogP contribution in [0.15, 0.2) is 34.9 Å². The van der Waals surface area contributed by atoms with Crippen molar-refractivity contribution in [3.63, 3.8) is 0 Å². The summed E-state index contributed by atoms with van der Waals surface area (Å²) in [5.41, 5.74) is 2.19. The highest BCUT2D eigenvalue weighted by Crippen LogP contribution is 2.20. The molecule has 1 heterocycles. The number of benzene rings is 1. The fraction of sp³-hybridized carbons (Fsp3) is 0.250. The first-order valence-corrected chi connectivity index (χ1v) is 5.93. The van der Waals surface area contributed by atoms with E-state index in [9.17, 15) is 0 Å². The maximum absolute atomic E-state index is 4.58. The Bertz CT molecular complexity index is 474. The van der Waals surface area contributed by atoms with Gasteiger partial charge in [0.1, 0.15) is 5.82 Å². The van der Waals surface area contributed by atoms with Gasteiger partial charge in [-0.25, -0.2) is 4.98 Å². The average molecular weight is 280 g/mol. The highest BCUT2D eigenvalue weighted by Gasteiger charge is 2.06. The minimum absolute atomic E-state index is 0.796. The molecule has 84 valence electrons. The number of hydrogen-bond donors (Lipinski definition) is 1. The van der Waals surface area contributed by atoms with Gasteiger partial charge in [0.05, 0.1) is 5.69 Å². The van der Waals surface area contributed by atoms with Crippen LogP contribution in [0, 0.1) is 0 Å². The molecule has 16 heavy (non-hydrogen) atoms. The Balaban J connectivity index is 2.36. The maximum Gasteiger partial charge on any atom is 0.140 e. The number of hydrogen-bond acceptors (Lipinski definition) is 2. The normalized spacial score (nSPS) is 10.7. The third kappa shape index (κ3) is 2.33. The van der Waals surface area contributed by atoms with Crippen molar-refractivity contribution < 1.29 is 0 Å². The van der Waals surface area contributed by atoms with Crippen LogP contribution < -0.4 is 5.32 Å². The Morgan fingerprint density at radius 2 is 2.00 bits per heavy atom. The molecule has 0 spiro atoms. The van der Waals surface area contributed by atoms with Gasteiger partial charge in [-0.2, -0.15) is 0 Å². The van der Waals surface area contributed by atoms with Crippen LogP contribution >= 0.6 is 15.9 Å². The predicted octanol–water partition coefficient (Wildman–Crippen LogP) is 2.57. The Kier molecular flexibility index (Phi) is 3.41. The van der Waals surface area contributed by atoms with Gasteiger partial charge in [0.25, 0.3) is 0 Å². The van der Waals surface area contributed by atoms with Gasteiger partial charge >= 0.3 is 0 Å². The lowest BCUT2D eigenvalue weighted by Gasteiger charge is -2.00. The number of nitrogens with one attached hydrogen (secondary N) is 1. The van der Waals surface area contributed by atoms with Crippen molar-refractivity contribution in [2.75, 3.05) is 7.05 Å². The molecule has 0 amide bonds. The van der Waals surface area contributed by atoms with E-state index in [-0.39, 0.29) is 0 Å². The van der Waals surface area contributed by atoms with Gasteiger partial charge in [-0.3, -0.25) is 0 Å². The van der Waals surface area contributed by atoms with E-state index in [1.54, 1.807) is 0 Å². The minimum Gasteiger partial charge on any atom is -0.334 e. The number of nitrogens with zero attached hydrogens (tertiary/aromatic N) is 2. The average Bonchev–Trinajstić information content (AvgIpc) is 2.61. The van der Waals surface area contributed by atoms with Crippen molar-refractivity contribution in [3.8, 4) is 11.4 Å². The molecule has 1 aromatic carbocycles. The van der Waals surface area contributed by atoms with Gasteiger partial charge in [0, 0.05) is 29.8 Å². The van der Waals surface area contributed by atoms with Gasteiger partial charge in [0.15, 0.2) is 0 Å². The molecule has 0 aliphatic carbocycles. The minimum atomic E-state index is 0.796. The third-order valence-corrected chi connectivity index (χ3v) is 2.92. The largest absolute Gasteiger partial charge is 0.334 e. The van der Waals surface area contributed by atoms with Crippen molar-refractivity contribution in [3.05, 3.63) is 40.6 Å². The van der Waals surface area contributed by atoms with E-state index in [1.165, 1.54) is 0 Å². The van der Waals surface area contributed by atoms with Gasteiger partial charge in [-0.1, -0.05) is 28.1 Å². The lowest BCUT2D eigenvalue weighted by molar-refractivity contribution is 0.795. The van der Waals surface area contributed by atoms with E-state index in [0.717, 1.165) is 28.1 Å². The van der Waals surface area contributed by atoms with Crippen molar-refractivity contribution >= 4 is 15.9 Å². The lowest BCUT2D eigenvalue weighted by Crippen LogP contribution is -2.04. The summed E-state index contributed by atoms with van der Waals surface area (Å²) < 4.78 is 3.14. The molecule has 0 atom stereocenters. The summed E-state index contributed by atoms with van der Waals surface area (Å²) in [5, 5.41) is 3.10. The SMILES string of the molecule is CNCc1cn(C)c(-c2ccc(Br)cc2)n1. The number of imidazole rings is 1. The zero-order valence-electron chi connectivity index (χ0n) is 9.37. The molecule has 0 saturated carbocycles. The highest BCUT2D eigenvalue weighted by atomic mass is 79.9. The molecule has 2 rings (SSSR count). The van der Waals surface area contributed by atoms with Crippen LogP contribution in [0.1, 0.15) is 5.69 Å². The topological polar surface area (TPSA) is 29.9 Å². The van der Waals surface area contributed by atoms with Gasteiger partial charge in [-0.15, -0.1) is 0 Å². The van der Waals surface area contributed by atoms with Gasteiger partial charge < -0.3 is 9.88 Å². The molecule has 3 nitrogen and oxygen atoms in total. The molecule has 0 fully saturated rings. The summed E-state index contributed by atoms with van der Waals surface area (Å²) in [7, 11) is 3.94. The molecule has 0 unspecified atom stereocenters. The second kappa shape index (κ2) is 4.80. The Morgan fingerprint density at radius 1 is 1.31 bits per heavy atom. The Morgan fingerprint density at radius 3 is 2.62 bits per heavy atom. The molecule has 0 aliphatic rings. The number of rotatable bonds is 3. The second-order valence-corrected chi connectivity index (χ2v) is 4.62.